The van der Waals surface area contributed by atoms with Gasteiger partial charge in [0, 0.05) is 13.1 Å². The Bertz CT molecular complexity index is 1000. The van der Waals surface area contributed by atoms with Crippen LogP contribution in [0.4, 0.5) is 0 Å². The molecule has 1 amide bonds. The van der Waals surface area contributed by atoms with E-state index in [1.54, 1.807) is 4.90 Å². The maximum absolute atomic E-state index is 12.8. The Hall–Kier alpha value is -2.25. The molecule has 1 heterocycles. The first-order valence-electron chi connectivity index (χ1n) is 10.4. The summed E-state index contributed by atoms with van der Waals surface area (Å²) < 4.78 is 12.7. The first kappa shape index (κ1) is 23.4. The Labute approximate surface area is 196 Å². The normalized spacial score (nSPS) is 16.4. The van der Waals surface area contributed by atoms with Gasteiger partial charge in [-0.05, 0) is 84.7 Å². The minimum Gasteiger partial charge on any atom is -0.490 e. The molecule has 7 heteroatoms. The molecule has 0 atom stereocenters. The molecule has 1 aliphatic heterocycles. The third-order valence-corrected chi connectivity index (χ3v) is 6.26. The number of hydrogen-bond donors (Lipinski definition) is 0. The van der Waals surface area contributed by atoms with Crippen LogP contribution in [0.3, 0.4) is 0 Å². The number of amides is 1. The second-order valence-electron chi connectivity index (χ2n) is 6.95. The van der Waals surface area contributed by atoms with Crippen molar-refractivity contribution in [3.8, 4) is 11.5 Å². The van der Waals surface area contributed by atoms with E-state index in [1.807, 2.05) is 39.0 Å². The van der Waals surface area contributed by atoms with Crippen LogP contribution in [-0.4, -0.2) is 35.7 Å². The molecule has 3 rings (SSSR count). The first-order valence-corrected chi connectivity index (χ1v) is 12.0. The van der Waals surface area contributed by atoms with Gasteiger partial charge in [0.05, 0.1) is 16.0 Å². The molecule has 1 aliphatic rings. The van der Waals surface area contributed by atoms with Crippen LogP contribution < -0.4 is 9.47 Å². The maximum atomic E-state index is 12.8. The average Bonchev–Trinajstić information content (AvgIpc) is 3.03. The molecule has 31 heavy (non-hydrogen) atoms. The highest BCUT2D eigenvalue weighted by molar-refractivity contribution is 9.10. The van der Waals surface area contributed by atoms with Crippen LogP contribution >= 0.6 is 27.7 Å². The Morgan fingerprint density at radius 2 is 1.87 bits per heavy atom. The van der Waals surface area contributed by atoms with E-state index in [-0.39, 0.29) is 5.91 Å². The Balaban J connectivity index is 1.87. The van der Waals surface area contributed by atoms with E-state index in [0.29, 0.717) is 42.7 Å². The van der Waals surface area contributed by atoms with E-state index < -0.39 is 0 Å². The van der Waals surface area contributed by atoms with Gasteiger partial charge in [-0.2, -0.15) is 0 Å². The number of ether oxygens (including phenoxy) is 2. The standard InChI is InChI=1S/C24H27BrN2O3S/c1-5-26-24-27(6-2)23(28)21(31-24)14-18-12-19(25)22(20(13-18)29-7-3)30-15-17-10-8-16(4)9-11-17/h8-14H,5-7,15H2,1-4H3/b21-14-,26-24?. The summed E-state index contributed by atoms with van der Waals surface area (Å²) >= 11 is 5.03. The van der Waals surface area contributed by atoms with Crippen LogP contribution in [0.2, 0.25) is 0 Å². The number of likely N-dealkylation sites (N-methyl/N-ethyl adjacent to an activating group) is 1. The number of aryl methyl sites for hydroxylation is 1. The van der Waals surface area contributed by atoms with Crippen molar-refractivity contribution < 1.29 is 14.3 Å². The molecule has 0 aliphatic carbocycles. The van der Waals surface area contributed by atoms with Gasteiger partial charge in [0.15, 0.2) is 16.7 Å². The van der Waals surface area contributed by atoms with Crippen LogP contribution in [-0.2, 0) is 11.4 Å². The second kappa shape index (κ2) is 10.9. The maximum Gasteiger partial charge on any atom is 0.266 e. The molecule has 0 saturated carbocycles. The molecule has 0 bridgehead atoms. The minimum absolute atomic E-state index is 0.0199. The lowest BCUT2D eigenvalue weighted by atomic mass is 10.1. The lowest BCUT2D eigenvalue weighted by Crippen LogP contribution is -2.28. The van der Waals surface area contributed by atoms with E-state index in [9.17, 15) is 4.79 Å². The predicted octanol–water partition coefficient (Wildman–Crippen LogP) is 6.05. The van der Waals surface area contributed by atoms with Gasteiger partial charge in [0.2, 0.25) is 0 Å². The summed E-state index contributed by atoms with van der Waals surface area (Å²) in [6.07, 6.45) is 1.88. The zero-order chi connectivity index (χ0) is 22.4. The van der Waals surface area contributed by atoms with Crippen molar-refractivity contribution in [3.05, 3.63) is 62.5 Å². The molecule has 5 nitrogen and oxygen atoms in total. The second-order valence-corrected chi connectivity index (χ2v) is 8.82. The Morgan fingerprint density at radius 3 is 2.52 bits per heavy atom. The average molecular weight is 503 g/mol. The summed E-state index contributed by atoms with van der Waals surface area (Å²) in [6.45, 7) is 10.1. The van der Waals surface area contributed by atoms with Gasteiger partial charge >= 0.3 is 0 Å². The molecule has 0 unspecified atom stereocenters. The van der Waals surface area contributed by atoms with Crippen LogP contribution in [0.1, 0.15) is 37.5 Å². The minimum atomic E-state index is -0.0199. The number of carbonyl (C=O) groups is 1. The summed E-state index contributed by atoms with van der Waals surface area (Å²) in [5, 5.41) is 0.753. The molecule has 0 aromatic heterocycles. The number of hydrogen-bond acceptors (Lipinski definition) is 5. The summed E-state index contributed by atoms with van der Waals surface area (Å²) in [5.74, 6) is 1.27. The fourth-order valence-corrected chi connectivity index (χ4v) is 4.78. The number of rotatable bonds is 8. The SMILES string of the molecule is CCN=C1S/C(=C\c2cc(Br)c(OCc3ccc(C)cc3)c(OCC)c2)C(=O)N1CC. The smallest absolute Gasteiger partial charge is 0.266 e. The quantitative estimate of drug-likeness (QED) is 0.412. The largest absolute Gasteiger partial charge is 0.490 e. The molecular formula is C24H27BrN2O3S. The van der Waals surface area contributed by atoms with Crippen LogP contribution in [0, 0.1) is 6.92 Å². The van der Waals surface area contributed by atoms with Gasteiger partial charge in [-0.15, -0.1) is 0 Å². The Kier molecular flexibility index (Phi) is 8.21. The van der Waals surface area contributed by atoms with E-state index in [4.69, 9.17) is 9.47 Å². The van der Waals surface area contributed by atoms with Gasteiger partial charge in [0.1, 0.15) is 6.61 Å². The monoisotopic (exact) mass is 502 g/mol. The molecule has 1 fully saturated rings. The highest BCUT2D eigenvalue weighted by Crippen LogP contribution is 2.39. The summed E-state index contributed by atoms with van der Waals surface area (Å²) in [7, 11) is 0. The van der Waals surface area contributed by atoms with Gasteiger partial charge in [-0.25, -0.2) is 0 Å². The van der Waals surface area contributed by atoms with Crippen LogP contribution in [0.25, 0.3) is 6.08 Å². The van der Waals surface area contributed by atoms with Crippen molar-refractivity contribution >= 4 is 44.8 Å². The van der Waals surface area contributed by atoms with Crippen molar-refractivity contribution in [1.82, 2.24) is 4.90 Å². The number of thioether (sulfide) groups is 1. The molecule has 2 aromatic carbocycles. The summed E-state index contributed by atoms with van der Waals surface area (Å²) in [5.41, 5.74) is 3.16. The number of halogens is 1. The van der Waals surface area contributed by atoms with E-state index in [1.165, 1.54) is 17.3 Å². The zero-order valence-corrected chi connectivity index (χ0v) is 20.7. The number of benzene rings is 2. The van der Waals surface area contributed by atoms with E-state index in [2.05, 4.69) is 52.1 Å². The van der Waals surface area contributed by atoms with Crippen LogP contribution in [0.15, 0.2) is 50.8 Å². The van der Waals surface area contributed by atoms with Gasteiger partial charge in [-0.3, -0.25) is 14.7 Å². The van der Waals surface area contributed by atoms with Gasteiger partial charge in [0.25, 0.3) is 5.91 Å². The molecule has 2 aromatic rings. The lowest BCUT2D eigenvalue weighted by molar-refractivity contribution is -0.122. The molecule has 0 N–H and O–H groups in total. The number of nitrogens with zero attached hydrogens (tertiary/aromatic N) is 2. The Morgan fingerprint density at radius 1 is 1.13 bits per heavy atom. The van der Waals surface area contributed by atoms with Crippen molar-refractivity contribution in [2.24, 2.45) is 4.99 Å². The summed E-state index contributed by atoms with van der Waals surface area (Å²) in [6, 6.07) is 12.1. The van der Waals surface area contributed by atoms with Crippen molar-refractivity contribution in [2.45, 2.75) is 34.3 Å². The number of amidine groups is 1. The van der Waals surface area contributed by atoms with Gasteiger partial charge in [-0.1, -0.05) is 29.8 Å². The number of aliphatic imine (C=N–C) groups is 1. The first-order chi connectivity index (χ1) is 15.0. The topological polar surface area (TPSA) is 51.1 Å². The highest BCUT2D eigenvalue weighted by Gasteiger charge is 2.31. The third kappa shape index (κ3) is 5.71. The summed E-state index contributed by atoms with van der Waals surface area (Å²) in [4.78, 5) is 19.6. The van der Waals surface area contributed by atoms with E-state index in [0.717, 1.165) is 20.8 Å². The van der Waals surface area contributed by atoms with Crippen molar-refractivity contribution in [3.63, 3.8) is 0 Å². The molecule has 0 spiro atoms. The third-order valence-electron chi connectivity index (χ3n) is 4.63. The molecule has 1 saturated heterocycles. The lowest BCUT2D eigenvalue weighted by Gasteiger charge is -2.15. The fraction of sp³-hybridized carbons (Fsp3) is 0.333. The molecule has 164 valence electrons. The molecular weight excluding hydrogens is 476 g/mol. The van der Waals surface area contributed by atoms with Crippen molar-refractivity contribution in [2.75, 3.05) is 19.7 Å². The highest BCUT2D eigenvalue weighted by atomic mass is 79.9. The van der Waals surface area contributed by atoms with Crippen LogP contribution in [0.5, 0.6) is 11.5 Å². The van der Waals surface area contributed by atoms with E-state index >= 15 is 0 Å². The van der Waals surface area contributed by atoms with Gasteiger partial charge < -0.3 is 9.47 Å². The zero-order valence-electron chi connectivity index (χ0n) is 18.3. The predicted molar refractivity (Wildman–Crippen MR) is 132 cm³/mol. The molecule has 0 radical (unpaired) electrons. The number of carbonyl (C=O) groups excluding carboxylic acids is 1. The fourth-order valence-electron chi connectivity index (χ4n) is 3.11. The van der Waals surface area contributed by atoms with Crippen molar-refractivity contribution in [1.29, 1.82) is 0 Å².